The van der Waals surface area contributed by atoms with Gasteiger partial charge in [-0.2, -0.15) is 0 Å². The minimum atomic E-state index is -1.10. The molecule has 0 amide bonds. The molecule has 1 aromatic heterocycles. The van der Waals surface area contributed by atoms with Crippen molar-refractivity contribution in [2.24, 2.45) is 0 Å². The van der Waals surface area contributed by atoms with E-state index in [1.165, 1.54) is 12.3 Å². The van der Waals surface area contributed by atoms with Crippen molar-refractivity contribution < 1.29 is 14.6 Å². The minimum absolute atomic E-state index is 0.00327. The van der Waals surface area contributed by atoms with E-state index in [0.29, 0.717) is 17.3 Å². The standard InChI is InChI=1S/C13H12BrN3O3/c1-20-11-3-2-7(14)4-10(11)17-12-5-8(13(18)19)9(15)6-16-12/h2-6H,15H2,1H3,(H,16,17)(H,18,19). The van der Waals surface area contributed by atoms with Crippen molar-refractivity contribution in [1.29, 1.82) is 0 Å². The number of carbonyl (C=O) groups is 1. The SMILES string of the molecule is COc1ccc(Br)cc1Nc1cc(C(=O)O)c(N)cn1. The summed E-state index contributed by atoms with van der Waals surface area (Å²) in [6, 6.07) is 6.79. The lowest BCUT2D eigenvalue weighted by molar-refractivity contribution is 0.0698. The van der Waals surface area contributed by atoms with Gasteiger partial charge in [0, 0.05) is 4.47 Å². The van der Waals surface area contributed by atoms with Gasteiger partial charge in [-0.25, -0.2) is 9.78 Å². The van der Waals surface area contributed by atoms with Crippen molar-refractivity contribution in [3.05, 3.63) is 40.5 Å². The molecule has 0 radical (unpaired) electrons. The third kappa shape index (κ3) is 3.00. The van der Waals surface area contributed by atoms with E-state index in [2.05, 4.69) is 26.2 Å². The lowest BCUT2D eigenvalue weighted by Gasteiger charge is -2.12. The second-order valence-corrected chi connectivity index (χ2v) is 4.85. The third-order valence-corrected chi connectivity index (χ3v) is 3.08. The van der Waals surface area contributed by atoms with Crippen LogP contribution in [0.15, 0.2) is 34.9 Å². The maximum Gasteiger partial charge on any atom is 0.337 e. The summed E-state index contributed by atoms with van der Waals surface area (Å²) in [5.41, 5.74) is 6.33. The largest absolute Gasteiger partial charge is 0.495 e. The van der Waals surface area contributed by atoms with E-state index in [1.807, 2.05) is 6.07 Å². The molecule has 7 heteroatoms. The Labute approximate surface area is 123 Å². The summed E-state index contributed by atoms with van der Waals surface area (Å²) >= 11 is 3.36. The monoisotopic (exact) mass is 337 g/mol. The van der Waals surface area contributed by atoms with Gasteiger partial charge in [0.2, 0.25) is 0 Å². The molecule has 1 heterocycles. The molecule has 6 nitrogen and oxygen atoms in total. The fraction of sp³-hybridized carbons (Fsp3) is 0.0769. The third-order valence-electron chi connectivity index (χ3n) is 2.59. The molecule has 2 rings (SSSR count). The second-order valence-electron chi connectivity index (χ2n) is 3.93. The van der Waals surface area contributed by atoms with E-state index in [9.17, 15) is 4.79 Å². The van der Waals surface area contributed by atoms with Crippen molar-refractivity contribution in [3.63, 3.8) is 0 Å². The topological polar surface area (TPSA) is 97.5 Å². The van der Waals surface area contributed by atoms with Gasteiger partial charge >= 0.3 is 5.97 Å². The Morgan fingerprint density at radius 1 is 1.45 bits per heavy atom. The average molecular weight is 338 g/mol. The van der Waals surface area contributed by atoms with Crippen molar-refractivity contribution in [3.8, 4) is 5.75 Å². The number of methoxy groups -OCH3 is 1. The molecule has 104 valence electrons. The molecule has 0 aliphatic rings. The van der Waals surface area contributed by atoms with Crippen LogP contribution in [0.4, 0.5) is 17.2 Å². The van der Waals surface area contributed by atoms with Crippen LogP contribution in [0.5, 0.6) is 5.75 Å². The highest BCUT2D eigenvalue weighted by molar-refractivity contribution is 9.10. The van der Waals surface area contributed by atoms with Crippen LogP contribution in [0.2, 0.25) is 0 Å². The Hall–Kier alpha value is -2.28. The number of anilines is 3. The lowest BCUT2D eigenvalue weighted by Crippen LogP contribution is -2.05. The van der Waals surface area contributed by atoms with Crippen molar-refractivity contribution in [2.75, 3.05) is 18.2 Å². The number of nitrogens with one attached hydrogen (secondary N) is 1. The zero-order valence-electron chi connectivity index (χ0n) is 10.6. The molecule has 0 spiro atoms. The Morgan fingerprint density at radius 2 is 2.20 bits per heavy atom. The first-order chi connectivity index (χ1) is 9.51. The normalized spacial score (nSPS) is 10.1. The molecular weight excluding hydrogens is 326 g/mol. The number of pyridine rings is 1. The van der Waals surface area contributed by atoms with Crippen LogP contribution in [0.3, 0.4) is 0 Å². The number of aromatic carboxylic acids is 1. The number of nitrogens with zero attached hydrogens (tertiary/aromatic N) is 1. The number of ether oxygens (including phenoxy) is 1. The highest BCUT2D eigenvalue weighted by atomic mass is 79.9. The smallest absolute Gasteiger partial charge is 0.337 e. The number of carboxylic acids is 1. The van der Waals surface area contributed by atoms with Crippen LogP contribution in [0, 0.1) is 0 Å². The highest BCUT2D eigenvalue weighted by Crippen LogP contribution is 2.30. The van der Waals surface area contributed by atoms with E-state index in [4.69, 9.17) is 15.6 Å². The average Bonchev–Trinajstić information content (AvgIpc) is 2.41. The van der Waals surface area contributed by atoms with Gasteiger partial charge in [0.1, 0.15) is 11.6 Å². The summed E-state index contributed by atoms with van der Waals surface area (Å²) in [4.78, 5) is 15.1. The summed E-state index contributed by atoms with van der Waals surface area (Å²) in [5, 5.41) is 12.0. The molecule has 0 bridgehead atoms. The molecule has 20 heavy (non-hydrogen) atoms. The van der Waals surface area contributed by atoms with E-state index in [-0.39, 0.29) is 11.3 Å². The molecule has 0 unspecified atom stereocenters. The van der Waals surface area contributed by atoms with Gasteiger partial charge in [-0.15, -0.1) is 0 Å². The number of carboxylic acid groups (broad SMARTS) is 1. The summed E-state index contributed by atoms with van der Waals surface area (Å²) in [6.07, 6.45) is 1.30. The van der Waals surface area contributed by atoms with Gasteiger partial charge in [-0.3, -0.25) is 0 Å². The zero-order valence-corrected chi connectivity index (χ0v) is 12.1. The van der Waals surface area contributed by atoms with Crippen LogP contribution in [-0.4, -0.2) is 23.2 Å². The summed E-state index contributed by atoms with van der Waals surface area (Å²) in [6.45, 7) is 0. The number of rotatable bonds is 4. The van der Waals surface area contributed by atoms with E-state index in [0.717, 1.165) is 4.47 Å². The predicted molar refractivity (Wildman–Crippen MR) is 79.6 cm³/mol. The second kappa shape index (κ2) is 5.79. The maximum absolute atomic E-state index is 11.0. The van der Waals surface area contributed by atoms with Crippen LogP contribution in [0.1, 0.15) is 10.4 Å². The highest BCUT2D eigenvalue weighted by Gasteiger charge is 2.11. The number of hydrogen-bond acceptors (Lipinski definition) is 5. The molecule has 2 aromatic rings. The molecule has 0 saturated heterocycles. The quantitative estimate of drug-likeness (QED) is 0.793. The molecular formula is C13H12BrN3O3. The number of halogens is 1. The first-order valence-corrected chi connectivity index (χ1v) is 6.40. The summed E-state index contributed by atoms with van der Waals surface area (Å²) in [5.74, 6) is -0.120. The van der Waals surface area contributed by atoms with Gasteiger partial charge in [-0.05, 0) is 24.3 Å². The Balaban J connectivity index is 2.37. The number of nitrogens with two attached hydrogens (primary N) is 1. The van der Waals surface area contributed by atoms with Crippen molar-refractivity contribution in [2.45, 2.75) is 0 Å². The fourth-order valence-electron chi connectivity index (χ4n) is 1.64. The Morgan fingerprint density at radius 3 is 2.85 bits per heavy atom. The summed E-state index contributed by atoms with van der Waals surface area (Å²) in [7, 11) is 1.55. The first-order valence-electron chi connectivity index (χ1n) is 5.60. The molecule has 1 aromatic carbocycles. The Kier molecular flexibility index (Phi) is 4.09. The zero-order chi connectivity index (χ0) is 14.7. The molecule has 0 atom stereocenters. The van der Waals surface area contributed by atoms with Crippen LogP contribution < -0.4 is 15.8 Å². The molecule has 0 saturated carbocycles. The molecule has 4 N–H and O–H groups in total. The molecule has 0 aliphatic heterocycles. The predicted octanol–water partition coefficient (Wildman–Crippen LogP) is 2.88. The minimum Gasteiger partial charge on any atom is -0.495 e. The van der Waals surface area contributed by atoms with Crippen LogP contribution >= 0.6 is 15.9 Å². The molecule has 0 aliphatic carbocycles. The van der Waals surface area contributed by atoms with Crippen molar-refractivity contribution in [1.82, 2.24) is 4.98 Å². The fourth-order valence-corrected chi connectivity index (χ4v) is 2.00. The van der Waals surface area contributed by atoms with Crippen LogP contribution in [0.25, 0.3) is 0 Å². The van der Waals surface area contributed by atoms with Gasteiger partial charge in [-0.1, -0.05) is 15.9 Å². The molecule has 0 fully saturated rings. The van der Waals surface area contributed by atoms with E-state index >= 15 is 0 Å². The van der Waals surface area contributed by atoms with Gasteiger partial charge in [0.25, 0.3) is 0 Å². The summed E-state index contributed by atoms with van der Waals surface area (Å²) < 4.78 is 6.08. The number of benzene rings is 1. The van der Waals surface area contributed by atoms with Crippen LogP contribution in [-0.2, 0) is 0 Å². The van der Waals surface area contributed by atoms with Gasteiger partial charge < -0.3 is 20.9 Å². The van der Waals surface area contributed by atoms with E-state index in [1.54, 1.807) is 19.2 Å². The number of aromatic nitrogens is 1. The van der Waals surface area contributed by atoms with Gasteiger partial charge in [0.15, 0.2) is 0 Å². The Bertz CT molecular complexity index is 661. The van der Waals surface area contributed by atoms with Gasteiger partial charge in [0.05, 0.1) is 30.2 Å². The maximum atomic E-state index is 11.0. The lowest BCUT2D eigenvalue weighted by atomic mass is 10.2. The first kappa shape index (κ1) is 14.1. The number of hydrogen-bond donors (Lipinski definition) is 3. The van der Waals surface area contributed by atoms with Crippen molar-refractivity contribution >= 4 is 39.1 Å². The number of nitrogen functional groups attached to an aromatic ring is 1. The van der Waals surface area contributed by atoms with E-state index < -0.39 is 5.97 Å².